The molecule has 146 valence electrons. The van der Waals surface area contributed by atoms with Gasteiger partial charge >= 0.3 is 0 Å². The van der Waals surface area contributed by atoms with Gasteiger partial charge in [0.15, 0.2) is 5.78 Å². The molecule has 2 heterocycles. The lowest BCUT2D eigenvalue weighted by Gasteiger charge is -2.29. The van der Waals surface area contributed by atoms with Crippen LogP contribution in [0.15, 0.2) is 42.5 Å². The number of nitrogens with zero attached hydrogens (tertiary/aromatic N) is 2. The van der Waals surface area contributed by atoms with Crippen molar-refractivity contribution in [2.24, 2.45) is 0 Å². The lowest BCUT2D eigenvalue weighted by molar-refractivity contribution is -0.133. The van der Waals surface area contributed by atoms with Crippen LogP contribution >= 0.6 is 0 Å². The summed E-state index contributed by atoms with van der Waals surface area (Å²) in [4.78, 5) is 46.0. The third kappa shape index (κ3) is 3.08. The van der Waals surface area contributed by atoms with E-state index in [0.717, 1.165) is 16.6 Å². The standard InChI is InChI=1S/C22H19N3O4/c26-13-8-9-18(19(27)10-13)25-11-15-14(22(25)28)4-3-7-20(15)29-12-21-23-16-5-1-2-6-17(16)24-21/h1-7,18H,8-12H2,(H,23,24). The molecule has 7 nitrogen and oxygen atoms in total. The maximum atomic E-state index is 12.9. The molecule has 1 aromatic heterocycles. The van der Waals surface area contributed by atoms with Crippen molar-refractivity contribution in [2.75, 3.05) is 0 Å². The Hall–Kier alpha value is -3.48. The number of carbonyl (C=O) groups is 3. The molecule has 2 aromatic carbocycles. The molecule has 1 aliphatic carbocycles. The quantitative estimate of drug-likeness (QED) is 0.693. The van der Waals surface area contributed by atoms with E-state index in [-0.39, 0.29) is 30.5 Å². The summed E-state index contributed by atoms with van der Waals surface area (Å²) in [6.45, 7) is 0.561. The molecule has 1 N–H and O–H groups in total. The molecule has 1 unspecified atom stereocenters. The Balaban J connectivity index is 1.36. The predicted molar refractivity (Wildman–Crippen MR) is 104 cm³/mol. The summed E-state index contributed by atoms with van der Waals surface area (Å²) in [5.74, 6) is 0.906. The summed E-state index contributed by atoms with van der Waals surface area (Å²) < 4.78 is 5.98. The fraction of sp³-hybridized carbons (Fsp3) is 0.273. The molecule has 0 spiro atoms. The molecule has 29 heavy (non-hydrogen) atoms. The minimum atomic E-state index is -0.532. The minimum Gasteiger partial charge on any atom is -0.485 e. The summed E-state index contributed by atoms with van der Waals surface area (Å²) >= 11 is 0. The van der Waals surface area contributed by atoms with Gasteiger partial charge in [-0.15, -0.1) is 0 Å². The van der Waals surface area contributed by atoms with E-state index < -0.39 is 6.04 Å². The van der Waals surface area contributed by atoms with Gasteiger partial charge in [0.05, 0.1) is 30.0 Å². The smallest absolute Gasteiger partial charge is 0.255 e. The van der Waals surface area contributed by atoms with Crippen LogP contribution in [0.4, 0.5) is 0 Å². The summed E-state index contributed by atoms with van der Waals surface area (Å²) in [7, 11) is 0. The van der Waals surface area contributed by atoms with Crippen molar-refractivity contribution in [2.45, 2.75) is 38.5 Å². The SMILES string of the molecule is O=C1CCC(N2Cc3c(OCc4nc5ccccc5[nH]4)cccc3C2=O)C(=O)C1. The Morgan fingerprint density at radius 3 is 2.79 bits per heavy atom. The average molecular weight is 389 g/mol. The molecule has 0 radical (unpaired) electrons. The fourth-order valence-corrected chi connectivity index (χ4v) is 4.12. The Morgan fingerprint density at radius 2 is 1.97 bits per heavy atom. The molecule has 2 aliphatic rings. The second kappa shape index (κ2) is 6.84. The number of aromatic nitrogens is 2. The second-order valence-electron chi connectivity index (χ2n) is 7.44. The summed E-state index contributed by atoms with van der Waals surface area (Å²) in [6.07, 6.45) is 0.652. The Kier molecular flexibility index (Phi) is 4.16. The van der Waals surface area contributed by atoms with Gasteiger partial charge in [-0.2, -0.15) is 0 Å². The van der Waals surface area contributed by atoms with Gasteiger partial charge in [0, 0.05) is 17.5 Å². The van der Waals surface area contributed by atoms with Gasteiger partial charge < -0.3 is 14.6 Å². The molecule has 1 saturated carbocycles. The van der Waals surface area contributed by atoms with E-state index in [4.69, 9.17) is 4.74 Å². The number of nitrogens with one attached hydrogen (secondary N) is 1. The number of ketones is 2. The number of hydrogen-bond donors (Lipinski definition) is 1. The van der Waals surface area contributed by atoms with Crippen molar-refractivity contribution in [3.8, 4) is 5.75 Å². The Morgan fingerprint density at radius 1 is 1.10 bits per heavy atom. The van der Waals surface area contributed by atoms with Crippen LogP contribution in [0.2, 0.25) is 0 Å². The van der Waals surface area contributed by atoms with Crippen molar-refractivity contribution < 1.29 is 19.1 Å². The number of ether oxygens (including phenoxy) is 1. The number of Topliss-reactive ketones (excluding diaryl/α,β-unsaturated/α-hetero) is 2. The first kappa shape index (κ1) is 17.6. The number of fused-ring (bicyclic) bond motifs is 2. The first-order chi connectivity index (χ1) is 14.1. The van der Waals surface area contributed by atoms with Crippen LogP contribution in [-0.2, 0) is 22.7 Å². The molecule has 0 bridgehead atoms. The lowest BCUT2D eigenvalue weighted by atomic mass is 9.92. The van der Waals surface area contributed by atoms with Gasteiger partial charge in [-0.1, -0.05) is 18.2 Å². The zero-order valence-corrected chi connectivity index (χ0v) is 15.7. The molecular formula is C22H19N3O4. The van der Waals surface area contributed by atoms with Gasteiger partial charge in [-0.05, 0) is 30.7 Å². The van der Waals surface area contributed by atoms with E-state index in [0.29, 0.717) is 36.5 Å². The number of benzene rings is 2. The molecule has 5 rings (SSSR count). The normalized spacial score (nSPS) is 19.1. The number of H-pyrrole nitrogens is 1. The van der Waals surface area contributed by atoms with E-state index >= 15 is 0 Å². The number of carbonyl (C=O) groups excluding carboxylic acids is 3. The third-order valence-corrected chi connectivity index (χ3v) is 5.57. The van der Waals surface area contributed by atoms with Crippen LogP contribution in [0.3, 0.4) is 0 Å². The van der Waals surface area contributed by atoms with Crippen LogP contribution in [0, 0.1) is 0 Å². The molecular weight excluding hydrogens is 370 g/mol. The molecule has 1 aliphatic heterocycles. The van der Waals surface area contributed by atoms with E-state index in [1.54, 1.807) is 17.0 Å². The van der Waals surface area contributed by atoms with Crippen molar-refractivity contribution in [3.63, 3.8) is 0 Å². The van der Waals surface area contributed by atoms with Gasteiger partial charge in [-0.3, -0.25) is 14.4 Å². The molecule has 7 heteroatoms. The van der Waals surface area contributed by atoms with Crippen LogP contribution in [-0.4, -0.2) is 38.4 Å². The van der Waals surface area contributed by atoms with Crippen LogP contribution in [0.1, 0.15) is 41.0 Å². The van der Waals surface area contributed by atoms with Crippen molar-refractivity contribution in [1.82, 2.24) is 14.9 Å². The van der Waals surface area contributed by atoms with Gasteiger partial charge in [0.1, 0.15) is 24.0 Å². The maximum Gasteiger partial charge on any atom is 0.255 e. The van der Waals surface area contributed by atoms with Gasteiger partial charge in [0.25, 0.3) is 5.91 Å². The highest BCUT2D eigenvalue weighted by atomic mass is 16.5. The highest BCUT2D eigenvalue weighted by Gasteiger charge is 2.39. The second-order valence-corrected chi connectivity index (χ2v) is 7.44. The summed E-state index contributed by atoms with van der Waals surface area (Å²) in [6, 6.07) is 12.6. The maximum absolute atomic E-state index is 12.9. The van der Waals surface area contributed by atoms with E-state index in [1.165, 1.54) is 0 Å². The highest BCUT2D eigenvalue weighted by molar-refractivity contribution is 6.07. The minimum absolute atomic E-state index is 0.0507. The fourth-order valence-electron chi connectivity index (χ4n) is 4.12. The van der Waals surface area contributed by atoms with Crippen molar-refractivity contribution in [1.29, 1.82) is 0 Å². The third-order valence-electron chi connectivity index (χ3n) is 5.57. The molecule has 0 saturated heterocycles. The molecule has 3 aromatic rings. The number of para-hydroxylation sites is 2. The van der Waals surface area contributed by atoms with Crippen LogP contribution in [0.5, 0.6) is 5.75 Å². The first-order valence-corrected chi connectivity index (χ1v) is 9.64. The lowest BCUT2D eigenvalue weighted by Crippen LogP contribution is -2.44. The van der Waals surface area contributed by atoms with Crippen LogP contribution in [0.25, 0.3) is 11.0 Å². The highest BCUT2D eigenvalue weighted by Crippen LogP contribution is 2.34. The van der Waals surface area contributed by atoms with E-state index in [9.17, 15) is 14.4 Å². The van der Waals surface area contributed by atoms with E-state index in [1.807, 2.05) is 30.3 Å². The number of rotatable bonds is 4. The first-order valence-electron chi connectivity index (χ1n) is 9.64. The summed E-state index contributed by atoms with van der Waals surface area (Å²) in [5, 5.41) is 0. The average Bonchev–Trinajstić information content (AvgIpc) is 3.28. The number of imidazole rings is 1. The molecule has 1 fully saturated rings. The summed E-state index contributed by atoms with van der Waals surface area (Å²) in [5.41, 5.74) is 3.14. The topological polar surface area (TPSA) is 92.4 Å². The molecule has 1 amide bonds. The number of aromatic amines is 1. The number of amides is 1. The zero-order chi connectivity index (χ0) is 20.0. The Bertz CT molecular complexity index is 1120. The largest absolute Gasteiger partial charge is 0.485 e. The zero-order valence-electron chi connectivity index (χ0n) is 15.7. The number of hydrogen-bond acceptors (Lipinski definition) is 5. The van der Waals surface area contributed by atoms with Crippen molar-refractivity contribution >= 4 is 28.5 Å². The van der Waals surface area contributed by atoms with Crippen molar-refractivity contribution in [3.05, 3.63) is 59.4 Å². The van der Waals surface area contributed by atoms with Gasteiger partial charge in [-0.25, -0.2) is 4.98 Å². The Labute approximate surface area is 166 Å². The predicted octanol–water partition coefficient (Wildman–Crippen LogP) is 2.79. The van der Waals surface area contributed by atoms with Gasteiger partial charge in [0.2, 0.25) is 0 Å². The van der Waals surface area contributed by atoms with Crippen LogP contribution < -0.4 is 4.74 Å². The molecule has 1 atom stereocenters. The monoisotopic (exact) mass is 389 g/mol. The van der Waals surface area contributed by atoms with E-state index in [2.05, 4.69) is 9.97 Å².